The minimum Gasteiger partial charge on any atom is -0.387 e. The summed E-state index contributed by atoms with van der Waals surface area (Å²) < 4.78 is 22.8. The van der Waals surface area contributed by atoms with Gasteiger partial charge in [0.15, 0.2) is 12.6 Å². The van der Waals surface area contributed by atoms with Gasteiger partial charge in [-0.05, 0) is 27.7 Å². The highest BCUT2D eigenvalue weighted by Gasteiger charge is 2.53. The van der Waals surface area contributed by atoms with E-state index in [2.05, 4.69) is 0 Å². The predicted molar refractivity (Wildman–Crippen MR) is 89.6 cm³/mol. The molecule has 0 aromatic heterocycles. The van der Waals surface area contributed by atoms with E-state index in [0.717, 1.165) is 0 Å². The Kier molecular flexibility index (Phi) is 6.18. The normalized spacial score (nSPS) is 44.9. The minimum absolute atomic E-state index is 0.0558. The van der Waals surface area contributed by atoms with Crippen molar-refractivity contribution in [3.05, 3.63) is 0 Å². The van der Waals surface area contributed by atoms with Crippen molar-refractivity contribution in [3.8, 4) is 0 Å². The van der Waals surface area contributed by atoms with Gasteiger partial charge in [0, 0.05) is 12.0 Å². The third-order valence-electron chi connectivity index (χ3n) is 5.04. The summed E-state index contributed by atoms with van der Waals surface area (Å²) in [6, 6.07) is 0. The molecule has 8 atom stereocenters. The lowest BCUT2D eigenvalue weighted by Crippen LogP contribution is -2.62. The maximum atomic E-state index is 10.5. The van der Waals surface area contributed by atoms with Gasteiger partial charge in [0.05, 0.1) is 11.7 Å². The van der Waals surface area contributed by atoms with Gasteiger partial charge in [0.1, 0.15) is 30.5 Å². The van der Waals surface area contributed by atoms with Crippen LogP contribution in [0.3, 0.4) is 0 Å². The summed E-state index contributed by atoms with van der Waals surface area (Å²) in [5.74, 6) is 0. The molecule has 25 heavy (non-hydrogen) atoms. The molecule has 0 saturated carbocycles. The quantitative estimate of drug-likeness (QED) is 0.538. The van der Waals surface area contributed by atoms with Gasteiger partial charge in [-0.25, -0.2) is 0 Å². The third kappa shape index (κ3) is 4.33. The maximum absolute atomic E-state index is 10.5. The largest absolute Gasteiger partial charge is 0.387 e. The molecule has 0 radical (unpaired) electrons. The number of hydrogen-bond donors (Lipinski definition) is 4. The van der Waals surface area contributed by atoms with Gasteiger partial charge in [-0.3, -0.25) is 0 Å². The Bertz CT molecular complexity index is 451. The Labute approximate surface area is 149 Å². The summed E-state index contributed by atoms with van der Waals surface area (Å²) in [4.78, 5) is 0. The molecule has 0 aromatic rings. The van der Waals surface area contributed by atoms with Gasteiger partial charge in [-0.15, -0.1) is 0 Å². The van der Waals surface area contributed by atoms with Crippen LogP contribution < -0.4 is 5.73 Å². The van der Waals surface area contributed by atoms with E-state index in [4.69, 9.17) is 24.7 Å². The number of nitrogens with two attached hydrogens (primary N) is 1. The van der Waals surface area contributed by atoms with E-state index in [1.165, 1.54) is 0 Å². The SMILES string of the molecule is CC1OC(OC2C(CN)OC(OC(C)(C)C)C(O)C2O)C(O)C1(C)C. The topological polar surface area (TPSA) is 124 Å². The average molecular weight is 363 g/mol. The predicted octanol–water partition coefficient (Wildman–Crippen LogP) is -0.276. The first-order chi connectivity index (χ1) is 11.4. The second-order valence-electron chi connectivity index (χ2n) is 8.50. The molecule has 2 saturated heterocycles. The Morgan fingerprint density at radius 3 is 2.08 bits per heavy atom. The highest BCUT2D eigenvalue weighted by atomic mass is 16.7. The summed E-state index contributed by atoms with van der Waals surface area (Å²) in [6.07, 6.45) is -7.31. The summed E-state index contributed by atoms with van der Waals surface area (Å²) in [7, 11) is 0. The lowest BCUT2D eigenvalue weighted by molar-refractivity contribution is -0.338. The van der Waals surface area contributed by atoms with Crippen LogP contribution in [0.4, 0.5) is 0 Å². The van der Waals surface area contributed by atoms with E-state index in [0.29, 0.717) is 0 Å². The van der Waals surface area contributed by atoms with E-state index in [1.807, 2.05) is 41.5 Å². The Hall–Kier alpha value is -0.320. The molecular weight excluding hydrogens is 330 g/mol. The van der Waals surface area contributed by atoms with Gasteiger partial charge in [0.25, 0.3) is 0 Å². The lowest BCUT2D eigenvalue weighted by Gasteiger charge is -2.44. The lowest BCUT2D eigenvalue weighted by atomic mass is 9.84. The molecule has 2 aliphatic rings. The van der Waals surface area contributed by atoms with E-state index in [9.17, 15) is 15.3 Å². The molecule has 0 bridgehead atoms. The van der Waals surface area contributed by atoms with Crippen LogP contribution in [0, 0.1) is 5.41 Å². The fourth-order valence-electron chi connectivity index (χ4n) is 3.01. The minimum atomic E-state index is -1.31. The zero-order valence-electron chi connectivity index (χ0n) is 15.9. The summed E-state index contributed by atoms with van der Waals surface area (Å²) in [6.45, 7) is 11.1. The average Bonchev–Trinajstić information content (AvgIpc) is 2.68. The number of aliphatic hydroxyl groups is 3. The van der Waals surface area contributed by atoms with Crippen LogP contribution in [-0.4, -0.2) is 76.7 Å². The van der Waals surface area contributed by atoms with Crippen LogP contribution >= 0.6 is 0 Å². The molecule has 2 heterocycles. The van der Waals surface area contributed by atoms with Crippen LogP contribution in [0.25, 0.3) is 0 Å². The highest BCUT2D eigenvalue weighted by molar-refractivity contribution is 4.96. The van der Waals surface area contributed by atoms with Crippen molar-refractivity contribution in [2.24, 2.45) is 11.1 Å². The molecule has 148 valence electrons. The molecular formula is C17H33NO7. The van der Waals surface area contributed by atoms with Gasteiger partial charge in [-0.2, -0.15) is 0 Å². The van der Waals surface area contributed by atoms with Gasteiger partial charge >= 0.3 is 0 Å². The van der Waals surface area contributed by atoms with Gasteiger partial charge < -0.3 is 40.0 Å². The third-order valence-corrected chi connectivity index (χ3v) is 5.04. The summed E-state index contributed by atoms with van der Waals surface area (Å²) in [5, 5.41) is 31.3. The molecule has 5 N–H and O–H groups in total. The van der Waals surface area contributed by atoms with E-state index in [1.54, 1.807) is 0 Å². The van der Waals surface area contributed by atoms with Crippen molar-refractivity contribution in [2.45, 2.75) is 96.3 Å². The monoisotopic (exact) mass is 363 g/mol. The molecule has 0 aliphatic carbocycles. The van der Waals surface area contributed by atoms with Crippen LogP contribution in [-0.2, 0) is 18.9 Å². The molecule has 2 rings (SSSR count). The molecule has 8 heteroatoms. The van der Waals surface area contributed by atoms with Crippen molar-refractivity contribution in [1.82, 2.24) is 0 Å². The molecule has 8 nitrogen and oxygen atoms in total. The second-order valence-corrected chi connectivity index (χ2v) is 8.50. The fraction of sp³-hybridized carbons (Fsp3) is 1.00. The molecule has 0 amide bonds. The van der Waals surface area contributed by atoms with Gasteiger partial charge in [0.2, 0.25) is 0 Å². The van der Waals surface area contributed by atoms with Crippen molar-refractivity contribution in [2.75, 3.05) is 6.54 Å². The second kappa shape index (κ2) is 7.36. The van der Waals surface area contributed by atoms with Crippen LogP contribution in [0.15, 0.2) is 0 Å². The van der Waals surface area contributed by atoms with Crippen LogP contribution in [0.2, 0.25) is 0 Å². The number of ether oxygens (including phenoxy) is 4. The highest BCUT2D eigenvalue weighted by Crippen LogP contribution is 2.40. The molecule has 0 spiro atoms. The molecule has 2 fully saturated rings. The molecule has 2 aliphatic heterocycles. The van der Waals surface area contributed by atoms with Crippen LogP contribution in [0.5, 0.6) is 0 Å². The Morgan fingerprint density at radius 1 is 1.04 bits per heavy atom. The summed E-state index contributed by atoms with van der Waals surface area (Å²) >= 11 is 0. The fourth-order valence-corrected chi connectivity index (χ4v) is 3.01. The van der Waals surface area contributed by atoms with Gasteiger partial charge in [-0.1, -0.05) is 13.8 Å². The van der Waals surface area contributed by atoms with Crippen molar-refractivity contribution >= 4 is 0 Å². The van der Waals surface area contributed by atoms with Crippen LogP contribution in [0.1, 0.15) is 41.5 Å². The van der Waals surface area contributed by atoms with E-state index in [-0.39, 0.29) is 12.6 Å². The zero-order valence-corrected chi connectivity index (χ0v) is 15.9. The zero-order chi connectivity index (χ0) is 19.2. The maximum Gasteiger partial charge on any atom is 0.187 e. The smallest absolute Gasteiger partial charge is 0.187 e. The number of rotatable bonds is 4. The number of hydrogen-bond acceptors (Lipinski definition) is 8. The van der Waals surface area contributed by atoms with Crippen molar-refractivity contribution < 1.29 is 34.3 Å². The molecule has 0 aromatic carbocycles. The van der Waals surface area contributed by atoms with Crippen molar-refractivity contribution in [3.63, 3.8) is 0 Å². The van der Waals surface area contributed by atoms with E-state index < -0.39 is 54.1 Å². The van der Waals surface area contributed by atoms with Crippen molar-refractivity contribution in [1.29, 1.82) is 0 Å². The Morgan fingerprint density at radius 2 is 1.64 bits per heavy atom. The first-order valence-corrected chi connectivity index (χ1v) is 8.77. The standard InChI is InChI=1S/C17H33NO7/c1-8-17(5,6)13(21)15(22-8)24-12-9(7-18)23-14(11(20)10(12)19)25-16(2,3)4/h8-15,19-21H,7,18H2,1-6H3. The first kappa shape index (κ1) is 21.0. The summed E-state index contributed by atoms with van der Waals surface area (Å²) in [5.41, 5.74) is 4.69. The number of aliphatic hydroxyl groups excluding tert-OH is 3. The van der Waals surface area contributed by atoms with E-state index >= 15 is 0 Å². The first-order valence-electron chi connectivity index (χ1n) is 8.77. The molecule has 8 unspecified atom stereocenters. The Balaban J connectivity index is 2.11.